The van der Waals surface area contributed by atoms with E-state index in [9.17, 15) is 8.42 Å². The van der Waals surface area contributed by atoms with E-state index in [1.807, 2.05) is 6.08 Å². The summed E-state index contributed by atoms with van der Waals surface area (Å²) in [6, 6.07) is 0. The molecule has 4 heteroatoms. The Morgan fingerprint density at radius 3 is 2.33 bits per heavy atom. The Balaban J connectivity index is 1.78. The smallest absolute Gasteiger partial charge is 0.262 e. The summed E-state index contributed by atoms with van der Waals surface area (Å²) in [7, 11) is -3.27. The normalized spacial score (nSPS) is 53.2. The van der Waals surface area contributed by atoms with E-state index in [2.05, 4.69) is 6.08 Å². The van der Waals surface area contributed by atoms with E-state index in [0.29, 0.717) is 5.92 Å². The minimum absolute atomic E-state index is 0.153. The second-order valence-corrected chi connectivity index (χ2v) is 5.56. The Morgan fingerprint density at radius 1 is 1.17 bits per heavy atom. The molecule has 0 spiro atoms. The summed E-state index contributed by atoms with van der Waals surface area (Å²) in [6.07, 6.45) is 4.96. The van der Waals surface area contributed by atoms with E-state index in [-0.39, 0.29) is 6.10 Å². The van der Waals surface area contributed by atoms with E-state index < -0.39 is 10.1 Å². The van der Waals surface area contributed by atoms with Crippen LogP contribution in [0.2, 0.25) is 0 Å². The molecule has 4 aliphatic rings. The van der Waals surface area contributed by atoms with Crippen LogP contribution >= 0.6 is 0 Å². The lowest BCUT2D eigenvalue weighted by molar-refractivity contribution is 0.190. The first-order valence-corrected chi connectivity index (χ1v) is 5.96. The van der Waals surface area contributed by atoms with Gasteiger partial charge in [-0.2, -0.15) is 8.42 Å². The highest BCUT2D eigenvalue weighted by atomic mass is 32.2. The summed E-state index contributed by atoms with van der Waals surface area (Å²) < 4.78 is 26.6. The third kappa shape index (κ3) is 0.821. The predicted octanol–water partition coefficient (Wildman–Crippen LogP) is 0.393. The predicted molar refractivity (Wildman–Crippen MR) is 42.8 cm³/mol. The maximum atomic E-state index is 10.8. The second-order valence-electron chi connectivity index (χ2n) is 3.96. The van der Waals surface area contributed by atoms with E-state index in [0.717, 1.165) is 24.0 Å². The summed E-state index contributed by atoms with van der Waals surface area (Å²) >= 11 is 0. The minimum atomic E-state index is -3.27. The molecule has 66 valence electrons. The summed E-state index contributed by atoms with van der Waals surface area (Å²) in [5.74, 6) is 2.83. The highest BCUT2D eigenvalue weighted by Gasteiger charge is 2.76. The quantitative estimate of drug-likeness (QED) is 0.463. The average Bonchev–Trinajstić information content (AvgIpc) is 2.68. The molecule has 0 aromatic carbocycles. The van der Waals surface area contributed by atoms with E-state index >= 15 is 0 Å². The van der Waals surface area contributed by atoms with Crippen molar-refractivity contribution in [1.29, 1.82) is 0 Å². The van der Waals surface area contributed by atoms with Gasteiger partial charge in [0.1, 0.15) is 0 Å². The molecular weight excluding hydrogens is 176 g/mol. The molecule has 12 heavy (non-hydrogen) atoms. The number of fused-ring (bicyclic) bond motifs is 1. The van der Waals surface area contributed by atoms with Gasteiger partial charge in [0.2, 0.25) is 0 Å². The molecule has 2 saturated carbocycles. The molecule has 3 unspecified atom stereocenters. The molecule has 3 nitrogen and oxygen atoms in total. The maximum Gasteiger partial charge on any atom is 0.264 e. The zero-order valence-electron chi connectivity index (χ0n) is 6.67. The molecule has 4 aliphatic carbocycles. The first kappa shape index (κ1) is 7.09. The topological polar surface area (TPSA) is 43.4 Å². The van der Waals surface area contributed by atoms with Gasteiger partial charge in [-0.25, -0.2) is 0 Å². The van der Waals surface area contributed by atoms with Gasteiger partial charge in [0.25, 0.3) is 10.1 Å². The fraction of sp³-hybridized carbons (Fsp3) is 0.750. The van der Waals surface area contributed by atoms with Crippen LogP contribution in [0.3, 0.4) is 0 Å². The minimum Gasteiger partial charge on any atom is -0.262 e. The highest BCUT2D eigenvalue weighted by molar-refractivity contribution is 7.86. The SMILES string of the molecule is CS(=O)(=O)OC1C=CC2C3C1C23. The van der Waals surface area contributed by atoms with Crippen molar-refractivity contribution >= 4 is 10.1 Å². The van der Waals surface area contributed by atoms with Gasteiger partial charge in [-0.1, -0.05) is 12.2 Å². The molecule has 0 amide bonds. The second kappa shape index (κ2) is 1.77. The largest absolute Gasteiger partial charge is 0.264 e. The van der Waals surface area contributed by atoms with Gasteiger partial charge in [-0.3, -0.25) is 4.18 Å². The molecule has 0 saturated heterocycles. The van der Waals surface area contributed by atoms with Gasteiger partial charge >= 0.3 is 0 Å². The summed E-state index contributed by atoms with van der Waals surface area (Å²) in [6.45, 7) is 0. The van der Waals surface area contributed by atoms with Crippen molar-refractivity contribution < 1.29 is 12.6 Å². The molecular formula is C8H10O3S. The third-order valence-electron chi connectivity index (χ3n) is 3.13. The Hall–Kier alpha value is -0.350. The number of hydrogen-bond acceptors (Lipinski definition) is 3. The van der Waals surface area contributed by atoms with E-state index in [4.69, 9.17) is 4.18 Å². The Bertz CT molecular complexity index is 346. The zero-order chi connectivity index (χ0) is 8.51. The van der Waals surface area contributed by atoms with Gasteiger partial charge in [0, 0.05) is 0 Å². The van der Waals surface area contributed by atoms with Gasteiger partial charge in [-0.05, 0) is 23.7 Å². The van der Waals surface area contributed by atoms with Crippen LogP contribution in [0.15, 0.2) is 12.2 Å². The lowest BCUT2D eigenvalue weighted by atomic mass is 9.93. The van der Waals surface area contributed by atoms with Gasteiger partial charge < -0.3 is 0 Å². The van der Waals surface area contributed by atoms with Crippen LogP contribution in [0.4, 0.5) is 0 Å². The Labute approximate surface area is 71.5 Å². The van der Waals surface area contributed by atoms with Gasteiger partial charge in [0.15, 0.2) is 0 Å². The average molecular weight is 186 g/mol. The molecule has 2 fully saturated rings. The monoisotopic (exact) mass is 186 g/mol. The van der Waals surface area contributed by atoms with Crippen molar-refractivity contribution in [1.82, 2.24) is 0 Å². The fourth-order valence-electron chi connectivity index (χ4n) is 2.50. The van der Waals surface area contributed by atoms with Crippen molar-refractivity contribution in [3.8, 4) is 0 Å². The number of rotatable bonds is 2. The van der Waals surface area contributed by atoms with Crippen LogP contribution in [0.5, 0.6) is 0 Å². The zero-order valence-corrected chi connectivity index (χ0v) is 7.49. The Kier molecular flexibility index (Phi) is 1.05. The van der Waals surface area contributed by atoms with E-state index in [1.54, 1.807) is 0 Å². The standard InChI is InChI=1S/C8H10O3S/c1-12(9,10)11-5-3-2-4-6-7(4)8(5)6/h2-8H,1H3. The summed E-state index contributed by atoms with van der Waals surface area (Å²) in [5, 5.41) is 0. The maximum absolute atomic E-state index is 10.8. The highest BCUT2D eigenvalue weighted by Crippen LogP contribution is 2.77. The van der Waals surface area contributed by atoms with Crippen molar-refractivity contribution in [2.24, 2.45) is 23.7 Å². The van der Waals surface area contributed by atoms with Crippen LogP contribution in [0.1, 0.15) is 0 Å². The lowest BCUT2D eigenvalue weighted by Gasteiger charge is -2.22. The third-order valence-corrected chi connectivity index (χ3v) is 3.70. The molecule has 0 N–H and O–H groups in total. The van der Waals surface area contributed by atoms with Crippen LogP contribution in [0, 0.1) is 23.7 Å². The molecule has 0 aliphatic heterocycles. The van der Waals surface area contributed by atoms with Crippen LogP contribution in [-0.4, -0.2) is 20.8 Å². The molecule has 0 aromatic rings. The van der Waals surface area contributed by atoms with Gasteiger partial charge in [-0.15, -0.1) is 0 Å². The van der Waals surface area contributed by atoms with Crippen molar-refractivity contribution in [3.05, 3.63) is 12.2 Å². The molecule has 2 bridgehead atoms. The van der Waals surface area contributed by atoms with Crippen LogP contribution < -0.4 is 0 Å². The first-order chi connectivity index (χ1) is 5.58. The van der Waals surface area contributed by atoms with Crippen LogP contribution in [0.25, 0.3) is 0 Å². The van der Waals surface area contributed by atoms with Crippen molar-refractivity contribution in [2.45, 2.75) is 6.10 Å². The Morgan fingerprint density at radius 2 is 1.83 bits per heavy atom. The molecule has 0 aromatic heterocycles. The van der Waals surface area contributed by atoms with Crippen molar-refractivity contribution in [3.63, 3.8) is 0 Å². The fourth-order valence-corrected chi connectivity index (χ4v) is 3.09. The molecule has 0 heterocycles. The summed E-state index contributed by atoms with van der Waals surface area (Å²) in [4.78, 5) is 0. The van der Waals surface area contributed by atoms with Crippen LogP contribution in [-0.2, 0) is 14.3 Å². The van der Waals surface area contributed by atoms with E-state index in [1.165, 1.54) is 0 Å². The summed E-state index contributed by atoms with van der Waals surface area (Å²) in [5.41, 5.74) is 0. The van der Waals surface area contributed by atoms with Crippen molar-refractivity contribution in [2.75, 3.05) is 6.26 Å². The number of hydrogen-bond donors (Lipinski definition) is 0. The van der Waals surface area contributed by atoms with Gasteiger partial charge in [0.05, 0.1) is 12.4 Å². The lowest BCUT2D eigenvalue weighted by Crippen LogP contribution is -2.26. The molecule has 4 rings (SSSR count). The molecule has 0 radical (unpaired) electrons. The first-order valence-electron chi connectivity index (χ1n) is 4.14. The molecule has 3 atom stereocenters. The number of allylic oxidation sites excluding steroid dienone is 1.